The lowest BCUT2D eigenvalue weighted by Gasteiger charge is -2.36. The number of fused-ring (bicyclic) bond motifs is 14. The summed E-state index contributed by atoms with van der Waals surface area (Å²) in [5, 5.41) is 35.9. The average Bonchev–Trinajstić information content (AvgIpc) is 3.30. The maximum Gasteiger partial charge on any atom is 0.312 e. The number of aliphatic hydroxyl groups is 2. The maximum absolute atomic E-state index is 13.9. The van der Waals surface area contributed by atoms with Gasteiger partial charge in [-0.15, -0.1) is 0 Å². The summed E-state index contributed by atoms with van der Waals surface area (Å²) in [7, 11) is 0. The van der Waals surface area contributed by atoms with Gasteiger partial charge in [-0.25, -0.2) is 0 Å². The van der Waals surface area contributed by atoms with E-state index >= 15 is 0 Å². The molecular formula is C36H44BrNO9. The second-order valence-corrected chi connectivity index (χ2v) is 14.2. The SMILES string of the molecule is C/C1=C/C=C/[C@H](C)[C@H](O)[C@@H](C)[C@@H](O)[C@@H](C)[C@H](C)[C@H](C)[C@@H](C)/C=C/O[C@@]2(C)Oc3c(C)c(O)c4c(c3C2=O)C(=O)C(Br)=C(NC1=O)C4=O. The molecule has 1 amide bonds. The molecule has 5 bridgehead atoms. The number of Topliss-reactive ketones (excluding diaryl/α,β-unsaturated/α-hetero) is 3. The quantitative estimate of drug-likeness (QED) is 0.265. The van der Waals surface area contributed by atoms with Crippen LogP contribution in [0, 0.1) is 42.4 Å². The smallest absolute Gasteiger partial charge is 0.312 e. The van der Waals surface area contributed by atoms with Gasteiger partial charge in [0.25, 0.3) is 11.7 Å². The Balaban J connectivity index is 1.82. The maximum atomic E-state index is 13.9. The number of phenols is 1. The lowest BCUT2D eigenvalue weighted by atomic mass is 9.72. The van der Waals surface area contributed by atoms with Gasteiger partial charge in [0.1, 0.15) is 17.2 Å². The van der Waals surface area contributed by atoms with Crippen LogP contribution in [-0.4, -0.2) is 56.6 Å². The van der Waals surface area contributed by atoms with E-state index < -0.39 is 58.5 Å². The molecule has 1 aliphatic carbocycles. The molecule has 254 valence electrons. The van der Waals surface area contributed by atoms with Gasteiger partial charge in [-0.2, -0.15) is 0 Å². The molecule has 4 aliphatic rings. The first-order chi connectivity index (χ1) is 21.8. The van der Waals surface area contributed by atoms with Crippen molar-refractivity contribution in [1.29, 1.82) is 0 Å². The van der Waals surface area contributed by atoms with Crippen molar-refractivity contribution >= 4 is 39.2 Å². The summed E-state index contributed by atoms with van der Waals surface area (Å²) >= 11 is 3.14. The highest BCUT2D eigenvalue weighted by molar-refractivity contribution is 9.12. The lowest BCUT2D eigenvalue weighted by molar-refractivity contribution is -0.116. The summed E-state index contributed by atoms with van der Waals surface area (Å²) < 4.78 is 11.5. The molecule has 9 atom stereocenters. The minimum absolute atomic E-state index is 0.0288. The van der Waals surface area contributed by atoms with Crippen molar-refractivity contribution in [2.45, 2.75) is 80.3 Å². The van der Waals surface area contributed by atoms with Crippen LogP contribution in [0.15, 0.2) is 46.3 Å². The number of aliphatic hydroxyl groups excluding tert-OH is 2. The lowest BCUT2D eigenvalue weighted by Crippen LogP contribution is -2.40. The molecule has 3 heterocycles. The summed E-state index contributed by atoms with van der Waals surface area (Å²) in [6.07, 6.45) is 6.32. The third-order valence-corrected chi connectivity index (χ3v) is 11.1. The number of nitrogens with one attached hydrogen (secondary N) is 1. The Morgan fingerprint density at radius 1 is 0.809 bits per heavy atom. The van der Waals surface area contributed by atoms with Crippen LogP contribution in [0.4, 0.5) is 0 Å². The minimum atomic E-state index is -1.90. The van der Waals surface area contributed by atoms with Crippen molar-refractivity contribution in [3.63, 3.8) is 0 Å². The predicted molar refractivity (Wildman–Crippen MR) is 179 cm³/mol. The number of allylic oxidation sites excluding steroid dienone is 5. The molecule has 0 fully saturated rings. The Bertz CT molecular complexity index is 1640. The number of hydrogen-bond donors (Lipinski definition) is 4. The fraction of sp³-hybridized carbons (Fsp3) is 0.500. The second kappa shape index (κ2) is 13.5. The molecular weight excluding hydrogens is 670 g/mol. The van der Waals surface area contributed by atoms with Crippen LogP contribution < -0.4 is 10.1 Å². The largest absolute Gasteiger partial charge is 0.507 e. The average molecular weight is 715 g/mol. The fourth-order valence-corrected chi connectivity index (χ4v) is 6.89. The molecule has 1 aromatic carbocycles. The molecule has 0 saturated heterocycles. The Morgan fingerprint density at radius 3 is 2.09 bits per heavy atom. The molecule has 1 aromatic rings. The Morgan fingerprint density at radius 2 is 1.45 bits per heavy atom. The minimum Gasteiger partial charge on any atom is -0.507 e. The number of halogens is 1. The number of benzene rings is 1. The van der Waals surface area contributed by atoms with Crippen molar-refractivity contribution in [2.24, 2.45) is 35.5 Å². The number of amides is 1. The van der Waals surface area contributed by atoms with Crippen LogP contribution in [0.3, 0.4) is 0 Å². The number of carbonyl (C=O) groups excluding carboxylic acids is 4. The molecule has 0 spiro atoms. The summed E-state index contributed by atoms with van der Waals surface area (Å²) in [4.78, 5) is 54.5. The molecule has 5 rings (SSSR count). The molecule has 4 N–H and O–H groups in total. The van der Waals surface area contributed by atoms with Gasteiger partial charge < -0.3 is 30.1 Å². The fourth-order valence-electron chi connectivity index (χ4n) is 6.41. The molecule has 3 aliphatic heterocycles. The zero-order chi connectivity index (χ0) is 35.3. The summed E-state index contributed by atoms with van der Waals surface area (Å²) in [6, 6.07) is 0. The highest BCUT2D eigenvalue weighted by atomic mass is 79.9. The number of ether oxygens (including phenoxy) is 2. The first-order valence-corrected chi connectivity index (χ1v) is 16.6. The molecule has 0 unspecified atom stereocenters. The van der Waals surface area contributed by atoms with Crippen LogP contribution in [0.5, 0.6) is 11.5 Å². The van der Waals surface area contributed by atoms with Gasteiger partial charge in [-0.3, -0.25) is 19.2 Å². The summed E-state index contributed by atoms with van der Waals surface area (Å²) in [5.41, 5.74) is -1.08. The highest BCUT2D eigenvalue weighted by Gasteiger charge is 2.52. The van der Waals surface area contributed by atoms with Crippen molar-refractivity contribution in [3.05, 3.63) is 68.6 Å². The molecule has 0 saturated carbocycles. The van der Waals surface area contributed by atoms with Crippen LogP contribution in [0.2, 0.25) is 0 Å². The highest BCUT2D eigenvalue weighted by Crippen LogP contribution is 2.49. The number of hydrogen-bond acceptors (Lipinski definition) is 9. The number of rotatable bonds is 0. The van der Waals surface area contributed by atoms with Crippen molar-refractivity contribution < 1.29 is 44.0 Å². The van der Waals surface area contributed by atoms with Crippen LogP contribution in [0.25, 0.3) is 0 Å². The van der Waals surface area contributed by atoms with Crippen molar-refractivity contribution in [2.75, 3.05) is 0 Å². The van der Waals surface area contributed by atoms with Crippen LogP contribution >= 0.6 is 15.9 Å². The van der Waals surface area contributed by atoms with Gasteiger partial charge in [0.15, 0.2) is 0 Å². The van der Waals surface area contributed by atoms with E-state index in [-0.39, 0.29) is 67.8 Å². The van der Waals surface area contributed by atoms with E-state index in [4.69, 9.17) is 9.47 Å². The molecule has 10 nitrogen and oxygen atoms in total. The monoisotopic (exact) mass is 713 g/mol. The Labute approximate surface area is 283 Å². The van der Waals surface area contributed by atoms with Crippen LogP contribution in [0.1, 0.15) is 92.0 Å². The number of phenolic OH excluding ortho intramolecular Hbond substituents is 1. The summed E-state index contributed by atoms with van der Waals surface area (Å²) in [6.45, 7) is 16.0. The number of aromatic hydroxyl groups is 1. The molecule has 0 aromatic heterocycles. The Hall–Kier alpha value is -3.54. The second-order valence-electron chi connectivity index (χ2n) is 13.4. The van der Waals surface area contributed by atoms with Gasteiger partial charge >= 0.3 is 5.79 Å². The third kappa shape index (κ3) is 6.37. The van der Waals surface area contributed by atoms with Crippen molar-refractivity contribution in [3.8, 4) is 11.5 Å². The molecule has 11 heteroatoms. The van der Waals surface area contributed by atoms with E-state index in [0.29, 0.717) is 0 Å². The molecule has 0 radical (unpaired) electrons. The van der Waals surface area contributed by atoms with Crippen LogP contribution in [-0.2, 0) is 9.53 Å². The summed E-state index contributed by atoms with van der Waals surface area (Å²) in [5.74, 6) is -6.53. The first kappa shape index (κ1) is 36.3. The zero-order valence-corrected chi connectivity index (χ0v) is 29.8. The third-order valence-electron chi connectivity index (χ3n) is 10.4. The van der Waals surface area contributed by atoms with E-state index in [9.17, 15) is 34.5 Å². The topological polar surface area (TPSA) is 159 Å². The van der Waals surface area contributed by atoms with Crippen molar-refractivity contribution in [1.82, 2.24) is 5.32 Å². The van der Waals surface area contributed by atoms with E-state index in [1.807, 2.05) is 34.6 Å². The van der Waals surface area contributed by atoms with Gasteiger partial charge in [-0.05, 0) is 59.5 Å². The van der Waals surface area contributed by atoms with E-state index in [1.54, 1.807) is 18.2 Å². The van der Waals surface area contributed by atoms with E-state index in [0.717, 1.165) is 0 Å². The van der Waals surface area contributed by atoms with E-state index in [2.05, 4.69) is 28.2 Å². The van der Waals surface area contributed by atoms with Gasteiger partial charge in [0.2, 0.25) is 11.6 Å². The van der Waals surface area contributed by atoms with Gasteiger partial charge in [0, 0.05) is 29.9 Å². The Kier molecular flexibility index (Phi) is 10.4. The normalized spacial score (nSPS) is 36.3. The van der Waals surface area contributed by atoms with Gasteiger partial charge in [0.05, 0.1) is 39.6 Å². The van der Waals surface area contributed by atoms with E-state index in [1.165, 1.54) is 33.1 Å². The standard InChI is InChI=1S/C36H44BrNO9/c1-15-13-14-46-36(9)34(44)25-23-24(30(41)22(8)33(25)47-36)32(43)27(26(37)31(23)42)38-35(45)17(3)12-10-11-16(2)28(39)21(7)29(40)20(6)19(5)18(15)4/h10-16,18-21,28-29,39-41H,1-9H3,(H,38,45)/b11-10+,14-13+,17-12-/t15-,16-,18+,19+,20-,21+,28-,29-,36-/m0/s1. The zero-order valence-electron chi connectivity index (χ0n) is 28.2. The molecule has 47 heavy (non-hydrogen) atoms. The number of ketones is 3. The first-order valence-electron chi connectivity index (χ1n) is 15.8. The van der Waals surface area contributed by atoms with Gasteiger partial charge in [-0.1, -0.05) is 59.8 Å². The number of carbonyl (C=O) groups is 4. The predicted octanol–water partition coefficient (Wildman–Crippen LogP) is 5.68.